The predicted octanol–water partition coefficient (Wildman–Crippen LogP) is 5.86. The molecule has 0 aromatic heterocycles. The van der Waals surface area contributed by atoms with Gasteiger partial charge in [-0.1, -0.05) is 53.3 Å². The summed E-state index contributed by atoms with van der Waals surface area (Å²) in [6, 6.07) is 6.09. The number of benzene rings is 2. The van der Waals surface area contributed by atoms with Gasteiger partial charge in [0, 0.05) is 15.1 Å². The molecule has 0 fully saturated rings. The standard InChI is InChI=1S/C15H11Cl4NO2/c1-2-11-12(18)6-13(15(22)14(11)19)20(7-21)10-4-8(16)3-9(17)5-10/h3-7,22H,2H2,1H3. The summed E-state index contributed by atoms with van der Waals surface area (Å²) in [5, 5.41) is 11.5. The third kappa shape index (κ3) is 3.28. The van der Waals surface area contributed by atoms with Crippen LogP contribution in [0.3, 0.4) is 0 Å². The van der Waals surface area contributed by atoms with Gasteiger partial charge in [-0.25, -0.2) is 0 Å². The minimum absolute atomic E-state index is 0.116. The Labute approximate surface area is 148 Å². The van der Waals surface area contributed by atoms with Gasteiger partial charge in [0.05, 0.1) is 16.4 Å². The lowest BCUT2D eigenvalue weighted by Gasteiger charge is -2.21. The maximum Gasteiger partial charge on any atom is 0.218 e. The Morgan fingerprint density at radius 3 is 2.18 bits per heavy atom. The van der Waals surface area contributed by atoms with E-state index in [1.807, 2.05) is 6.92 Å². The van der Waals surface area contributed by atoms with Gasteiger partial charge in [0.15, 0.2) is 5.75 Å². The van der Waals surface area contributed by atoms with Crippen LogP contribution in [-0.4, -0.2) is 11.5 Å². The number of phenols is 1. The monoisotopic (exact) mass is 377 g/mol. The zero-order valence-corrected chi connectivity index (χ0v) is 14.4. The highest BCUT2D eigenvalue weighted by Crippen LogP contribution is 2.43. The minimum Gasteiger partial charge on any atom is -0.504 e. The Bertz CT molecular complexity index is 714. The molecule has 0 atom stereocenters. The molecule has 3 nitrogen and oxygen atoms in total. The molecule has 22 heavy (non-hydrogen) atoms. The van der Waals surface area contributed by atoms with Crippen molar-refractivity contribution in [1.29, 1.82) is 0 Å². The first-order valence-corrected chi connectivity index (χ1v) is 7.80. The molecule has 0 heterocycles. The molecule has 0 saturated carbocycles. The lowest BCUT2D eigenvalue weighted by molar-refractivity contribution is -0.106. The average molecular weight is 379 g/mol. The summed E-state index contributed by atoms with van der Waals surface area (Å²) in [5.41, 5.74) is 1.15. The molecule has 116 valence electrons. The van der Waals surface area contributed by atoms with E-state index in [1.54, 1.807) is 0 Å². The lowest BCUT2D eigenvalue weighted by atomic mass is 10.1. The zero-order chi connectivity index (χ0) is 16.4. The number of carbonyl (C=O) groups excluding carboxylic acids is 1. The SMILES string of the molecule is CCc1c(Cl)cc(N(C=O)c2cc(Cl)cc(Cl)c2)c(O)c1Cl. The Hall–Kier alpha value is -1.13. The molecule has 0 unspecified atom stereocenters. The summed E-state index contributed by atoms with van der Waals surface area (Å²) >= 11 is 24.2. The third-order valence-corrected chi connectivity index (χ3v) is 4.29. The number of phenolic OH excluding ortho intramolecular Hbond substituents is 1. The van der Waals surface area contributed by atoms with E-state index in [0.29, 0.717) is 39.1 Å². The van der Waals surface area contributed by atoms with Gasteiger partial charge in [-0.15, -0.1) is 0 Å². The number of amides is 1. The van der Waals surface area contributed by atoms with E-state index in [1.165, 1.54) is 29.2 Å². The number of rotatable bonds is 4. The molecule has 1 amide bonds. The highest BCUT2D eigenvalue weighted by Gasteiger charge is 2.20. The van der Waals surface area contributed by atoms with Gasteiger partial charge in [-0.3, -0.25) is 9.69 Å². The smallest absolute Gasteiger partial charge is 0.218 e. The molecule has 0 saturated heterocycles. The second-order valence-corrected chi connectivity index (χ2v) is 6.13. The molecule has 2 rings (SSSR count). The molecule has 0 aliphatic carbocycles. The van der Waals surface area contributed by atoms with E-state index in [2.05, 4.69) is 0 Å². The van der Waals surface area contributed by atoms with E-state index in [-0.39, 0.29) is 16.5 Å². The molecule has 0 aliphatic rings. The maximum atomic E-state index is 11.5. The number of nitrogens with zero attached hydrogens (tertiary/aromatic N) is 1. The van der Waals surface area contributed by atoms with Crippen LogP contribution >= 0.6 is 46.4 Å². The van der Waals surface area contributed by atoms with E-state index in [9.17, 15) is 9.90 Å². The first-order valence-electron chi connectivity index (χ1n) is 6.29. The van der Waals surface area contributed by atoms with Crippen molar-refractivity contribution in [1.82, 2.24) is 0 Å². The quantitative estimate of drug-likeness (QED) is 0.676. The van der Waals surface area contributed by atoms with Crippen LogP contribution in [0.4, 0.5) is 11.4 Å². The number of halogens is 4. The van der Waals surface area contributed by atoms with Crippen molar-refractivity contribution in [2.45, 2.75) is 13.3 Å². The summed E-state index contributed by atoms with van der Waals surface area (Å²) in [4.78, 5) is 12.7. The van der Waals surface area contributed by atoms with Crippen molar-refractivity contribution in [3.8, 4) is 5.75 Å². The summed E-state index contributed by atoms with van der Waals surface area (Å²) in [6.07, 6.45) is 1.07. The second-order valence-electron chi connectivity index (χ2n) is 4.48. The normalized spacial score (nSPS) is 10.6. The van der Waals surface area contributed by atoms with Crippen LogP contribution in [0.2, 0.25) is 20.1 Å². The molecular weight excluding hydrogens is 368 g/mol. The van der Waals surface area contributed by atoms with Crippen LogP contribution in [0, 0.1) is 0 Å². The van der Waals surface area contributed by atoms with Crippen LogP contribution in [-0.2, 0) is 11.2 Å². The van der Waals surface area contributed by atoms with Gasteiger partial charge in [0.25, 0.3) is 0 Å². The highest BCUT2D eigenvalue weighted by atomic mass is 35.5. The van der Waals surface area contributed by atoms with Gasteiger partial charge in [-0.2, -0.15) is 0 Å². The molecule has 0 aliphatic heterocycles. The van der Waals surface area contributed by atoms with Gasteiger partial charge in [-0.05, 0) is 36.2 Å². The molecule has 0 bridgehead atoms. The number of hydrogen-bond acceptors (Lipinski definition) is 2. The van der Waals surface area contributed by atoms with Crippen molar-refractivity contribution >= 4 is 64.2 Å². The highest BCUT2D eigenvalue weighted by molar-refractivity contribution is 6.38. The summed E-state index contributed by atoms with van der Waals surface area (Å²) in [7, 11) is 0. The molecule has 0 radical (unpaired) electrons. The van der Waals surface area contributed by atoms with E-state index in [0.717, 1.165) is 0 Å². The molecule has 2 aromatic rings. The average Bonchev–Trinajstić information content (AvgIpc) is 2.44. The fourth-order valence-electron chi connectivity index (χ4n) is 2.08. The summed E-state index contributed by atoms with van der Waals surface area (Å²) in [5.74, 6) is -0.230. The number of carbonyl (C=O) groups is 1. The van der Waals surface area contributed by atoms with Crippen molar-refractivity contribution in [3.05, 3.63) is 49.9 Å². The van der Waals surface area contributed by atoms with Gasteiger partial charge in [0.2, 0.25) is 6.41 Å². The Balaban J connectivity index is 2.64. The molecule has 0 spiro atoms. The molecular formula is C15H11Cl4NO2. The van der Waals surface area contributed by atoms with Crippen LogP contribution < -0.4 is 4.90 Å². The lowest BCUT2D eigenvalue weighted by Crippen LogP contribution is -2.14. The molecule has 2 aromatic carbocycles. The molecule has 7 heteroatoms. The number of anilines is 2. The third-order valence-electron chi connectivity index (χ3n) is 3.11. The fourth-order valence-corrected chi connectivity index (χ4v) is 3.31. The number of hydrogen-bond donors (Lipinski definition) is 1. The zero-order valence-electron chi connectivity index (χ0n) is 11.4. The predicted molar refractivity (Wildman–Crippen MR) is 92.2 cm³/mol. The van der Waals surface area contributed by atoms with Gasteiger partial charge >= 0.3 is 0 Å². The van der Waals surface area contributed by atoms with Gasteiger partial charge < -0.3 is 5.11 Å². The fraction of sp³-hybridized carbons (Fsp3) is 0.133. The Kier molecular flexibility index (Phi) is 5.45. The number of aromatic hydroxyl groups is 1. The van der Waals surface area contributed by atoms with Crippen LogP contribution in [0.15, 0.2) is 24.3 Å². The van der Waals surface area contributed by atoms with Crippen molar-refractivity contribution in [2.24, 2.45) is 0 Å². The van der Waals surface area contributed by atoms with Crippen LogP contribution in [0.1, 0.15) is 12.5 Å². The summed E-state index contributed by atoms with van der Waals surface area (Å²) in [6.45, 7) is 1.86. The van der Waals surface area contributed by atoms with Crippen molar-refractivity contribution in [2.75, 3.05) is 4.90 Å². The first kappa shape index (κ1) is 17.2. The summed E-state index contributed by atoms with van der Waals surface area (Å²) < 4.78 is 0. The molecule has 1 N–H and O–H groups in total. The van der Waals surface area contributed by atoms with Crippen LogP contribution in [0.5, 0.6) is 5.75 Å². The van der Waals surface area contributed by atoms with Gasteiger partial charge in [0.1, 0.15) is 0 Å². The largest absolute Gasteiger partial charge is 0.504 e. The van der Waals surface area contributed by atoms with Crippen LogP contribution in [0.25, 0.3) is 0 Å². The minimum atomic E-state index is -0.230. The van der Waals surface area contributed by atoms with Crippen molar-refractivity contribution in [3.63, 3.8) is 0 Å². The van der Waals surface area contributed by atoms with E-state index < -0.39 is 0 Å². The first-order chi connectivity index (χ1) is 10.4. The van der Waals surface area contributed by atoms with E-state index in [4.69, 9.17) is 46.4 Å². The Morgan fingerprint density at radius 2 is 1.68 bits per heavy atom. The van der Waals surface area contributed by atoms with E-state index >= 15 is 0 Å². The van der Waals surface area contributed by atoms with Crippen molar-refractivity contribution < 1.29 is 9.90 Å². The maximum absolute atomic E-state index is 11.5. The topological polar surface area (TPSA) is 40.5 Å². The second kappa shape index (κ2) is 6.97. The Morgan fingerprint density at radius 1 is 1.09 bits per heavy atom.